The number of carbonyl (C=O) groups is 1. The zero-order valence-electron chi connectivity index (χ0n) is 13.8. The van der Waals surface area contributed by atoms with Gasteiger partial charge in [0.15, 0.2) is 11.6 Å². The summed E-state index contributed by atoms with van der Waals surface area (Å²) < 4.78 is 19.0. The minimum atomic E-state index is -0.396. The molecule has 0 aliphatic rings. The number of anilines is 1. The average Bonchev–Trinajstić information content (AvgIpc) is 3.11. The van der Waals surface area contributed by atoms with E-state index >= 15 is 0 Å². The molecule has 0 fully saturated rings. The van der Waals surface area contributed by atoms with E-state index in [4.69, 9.17) is 4.74 Å². The van der Waals surface area contributed by atoms with Crippen molar-refractivity contribution in [1.82, 2.24) is 0 Å². The van der Waals surface area contributed by atoms with E-state index in [1.54, 1.807) is 24.3 Å². The van der Waals surface area contributed by atoms with E-state index in [1.807, 2.05) is 36.6 Å². The molecule has 128 valence electrons. The van der Waals surface area contributed by atoms with Crippen molar-refractivity contribution in [2.45, 2.75) is 20.0 Å². The van der Waals surface area contributed by atoms with E-state index in [2.05, 4.69) is 5.32 Å². The molecule has 0 saturated carbocycles. The number of carbonyl (C=O) groups excluding carboxylic acids is 1. The smallest absolute Gasteiger partial charge is 0.265 e. The topological polar surface area (TPSA) is 38.3 Å². The van der Waals surface area contributed by atoms with Gasteiger partial charge in [0.1, 0.15) is 6.61 Å². The van der Waals surface area contributed by atoms with Gasteiger partial charge < -0.3 is 10.1 Å². The van der Waals surface area contributed by atoms with E-state index in [0.717, 1.165) is 23.2 Å². The van der Waals surface area contributed by atoms with Gasteiger partial charge in [0.2, 0.25) is 0 Å². The number of thiophene rings is 1. The van der Waals surface area contributed by atoms with Gasteiger partial charge in [-0.2, -0.15) is 0 Å². The average molecular weight is 355 g/mol. The van der Waals surface area contributed by atoms with Crippen LogP contribution in [0.5, 0.6) is 5.75 Å². The molecule has 1 aromatic heterocycles. The highest BCUT2D eigenvalue weighted by Crippen LogP contribution is 2.22. The van der Waals surface area contributed by atoms with Crippen molar-refractivity contribution < 1.29 is 13.9 Å². The zero-order chi connectivity index (χ0) is 17.6. The van der Waals surface area contributed by atoms with Crippen molar-refractivity contribution in [1.29, 1.82) is 0 Å². The summed E-state index contributed by atoms with van der Waals surface area (Å²) in [5.41, 5.74) is 2.75. The van der Waals surface area contributed by atoms with Crippen LogP contribution in [-0.2, 0) is 13.0 Å². The molecule has 0 atom stereocenters. The number of para-hydroxylation sites is 2. The lowest BCUT2D eigenvalue weighted by atomic mass is 10.1. The zero-order valence-corrected chi connectivity index (χ0v) is 14.6. The summed E-state index contributed by atoms with van der Waals surface area (Å²) in [5.74, 6) is -0.341. The second-order valence-electron chi connectivity index (χ2n) is 5.50. The van der Waals surface area contributed by atoms with Gasteiger partial charge in [-0.1, -0.05) is 37.3 Å². The predicted molar refractivity (Wildman–Crippen MR) is 98.8 cm³/mol. The molecule has 1 heterocycles. The van der Waals surface area contributed by atoms with Crippen LogP contribution in [0.3, 0.4) is 0 Å². The standard InChI is InChI=1S/C20H18FNO2S/c1-2-15-7-3-5-9-17(15)22-20(23)19-11-14(13-25-19)12-24-18-10-6-4-8-16(18)21/h3-11,13H,2,12H2,1H3,(H,22,23). The Kier molecular flexibility index (Phi) is 5.46. The Labute approximate surface area is 150 Å². The first-order chi connectivity index (χ1) is 12.2. The quantitative estimate of drug-likeness (QED) is 0.653. The van der Waals surface area contributed by atoms with Crippen molar-refractivity contribution >= 4 is 22.9 Å². The Morgan fingerprint density at radius 1 is 1.16 bits per heavy atom. The SMILES string of the molecule is CCc1ccccc1NC(=O)c1cc(COc2ccccc2F)cs1. The van der Waals surface area contributed by atoms with Crippen LogP contribution in [0, 0.1) is 5.82 Å². The molecule has 0 saturated heterocycles. The van der Waals surface area contributed by atoms with Crippen LogP contribution in [0.15, 0.2) is 60.0 Å². The number of halogens is 1. The molecule has 0 spiro atoms. The fourth-order valence-electron chi connectivity index (χ4n) is 2.43. The summed E-state index contributed by atoms with van der Waals surface area (Å²) in [6.07, 6.45) is 0.850. The van der Waals surface area contributed by atoms with Crippen LogP contribution < -0.4 is 10.1 Å². The maximum absolute atomic E-state index is 13.6. The first kappa shape index (κ1) is 17.2. The molecule has 0 aliphatic heterocycles. The maximum atomic E-state index is 13.6. The van der Waals surface area contributed by atoms with Gasteiger partial charge in [0.25, 0.3) is 5.91 Å². The van der Waals surface area contributed by atoms with Gasteiger partial charge in [-0.05, 0) is 41.6 Å². The number of ether oxygens (including phenoxy) is 1. The van der Waals surface area contributed by atoms with Gasteiger partial charge in [0.05, 0.1) is 4.88 Å². The number of aryl methyl sites for hydroxylation is 1. The Bertz CT molecular complexity index is 875. The third-order valence-electron chi connectivity index (χ3n) is 3.76. The first-order valence-corrected chi connectivity index (χ1v) is 8.89. The second kappa shape index (κ2) is 7.94. The molecule has 1 N–H and O–H groups in total. The fraction of sp³-hybridized carbons (Fsp3) is 0.150. The minimum absolute atomic E-state index is 0.150. The molecule has 3 rings (SSSR count). The van der Waals surface area contributed by atoms with Crippen LogP contribution in [0.4, 0.5) is 10.1 Å². The molecule has 1 amide bonds. The third-order valence-corrected chi connectivity index (χ3v) is 4.73. The lowest BCUT2D eigenvalue weighted by Crippen LogP contribution is -2.11. The predicted octanol–water partition coefficient (Wildman–Crippen LogP) is 5.28. The highest BCUT2D eigenvalue weighted by molar-refractivity contribution is 7.12. The molecule has 0 radical (unpaired) electrons. The van der Waals surface area contributed by atoms with E-state index in [1.165, 1.54) is 17.4 Å². The summed E-state index contributed by atoms with van der Waals surface area (Å²) in [4.78, 5) is 13.0. The van der Waals surface area contributed by atoms with E-state index < -0.39 is 5.82 Å². The van der Waals surface area contributed by atoms with Gasteiger partial charge >= 0.3 is 0 Å². The Balaban J connectivity index is 1.64. The summed E-state index contributed by atoms with van der Waals surface area (Å²) in [6, 6.07) is 15.8. The Morgan fingerprint density at radius 2 is 1.92 bits per heavy atom. The fourth-order valence-corrected chi connectivity index (χ4v) is 3.22. The van der Waals surface area contributed by atoms with E-state index in [0.29, 0.717) is 4.88 Å². The van der Waals surface area contributed by atoms with Gasteiger partial charge in [-0.3, -0.25) is 4.79 Å². The lowest BCUT2D eigenvalue weighted by Gasteiger charge is -2.08. The van der Waals surface area contributed by atoms with Crippen LogP contribution in [0.2, 0.25) is 0 Å². The van der Waals surface area contributed by atoms with Crippen molar-refractivity contribution in [3.8, 4) is 5.75 Å². The Morgan fingerprint density at radius 3 is 2.72 bits per heavy atom. The number of rotatable bonds is 6. The first-order valence-electron chi connectivity index (χ1n) is 8.01. The minimum Gasteiger partial charge on any atom is -0.486 e. The van der Waals surface area contributed by atoms with Gasteiger partial charge in [-0.15, -0.1) is 11.3 Å². The van der Waals surface area contributed by atoms with E-state index in [-0.39, 0.29) is 18.3 Å². The summed E-state index contributed by atoms with van der Waals surface area (Å²) in [5, 5.41) is 4.79. The van der Waals surface area contributed by atoms with E-state index in [9.17, 15) is 9.18 Å². The molecule has 3 aromatic rings. The molecular formula is C20H18FNO2S. The number of benzene rings is 2. The molecular weight excluding hydrogens is 337 g/mol. The van der Waals surface area contributed by atoms with Crippen molar-refractivity contribution in [3.05, 3.63) is 81.8 Å². The summed E-state index contributed by atoms with van der Waals surface area (Å²) in [6.45, 7) is 2.27. The summed E-state index contributed by atoms with van der Waals surface area (Å²) in [7, 11) is 0. The Hall–Kier alpha value is -2.66. The monoisotopic (exact) mass is 355 g/mol. The number of hydrogen-bond donors (Lipinski definition) is 1. The summed E-state index contributed by atoms with van der Waals surface area (Å²) >= 11 is 1.34. The molecule has 3 nitrogen and oxygen atoms in total. The van der Waals surface area contributed by atoms with Crippen LogP contribution in [0.1, 0.15) is 27.7 Å². The molecule has 0 bridgehead atoms. The van der Waals surface area contributed by atoms with Crippen LogP contribution >= 0.6 is 11.3 Å². The third kappa shape index (κ3) is 4.25. The highest BCUT2D eigenvalue weighted by atomic mass is 32.1. The van der Waals surface area contributed by atoms with Crippen LogP contribution in [0.25, 0.3) is 0 Å². The largest absolute Gasteiger partial charge is 0.486 e. The maximum Gasteiger partial charge on any atom is 0.265 e. The van der Waals surface area contributed by atoms with Crippen LogP contribution in [-0.4, -0.2) is 5.91 Å². The highest BCUT2D eigenvalue weighted by Gasteiger charge is 2.12. The number of hydrogen-bond acceptors (Lipinski definition) is 3. The number of nitrogens with one attached hydrogen (secondary N) is 1. The normalized spacial score (nSPS) is 10.5. The van der Waals surface area contributed by atoms with Gasteiger partial charge in [-0.25, -0.2) is 4.39 Å². The van der Waals surface area contributed by atoms with Gasteiger partial charge in [0, 0.05) is 11.3 Å². The molecule has 25 heavy (non-hydrogen) atoms. The van der Waals surface area contributed by atoms with Crippen molar-refractivity contribution in [3.63, 3.8) is 0 Å². The second-order valence-corrected chi connectivity index (χ2v) is 6.41. The molecule has 0 aliphatic carbocycles. The molecule has 0 unspecified atom stereocenters. The number of amides is 1. The van der Waals surface area contributed by atoms with Crippen molar-refractivity contribution in [2.75, 3.05) is 5.32 Å². The molecule has 2 aromatic carbocycles. The molecule has 5 heteroatoms. The lowest BCUT2D eigenvalue weighted by molar-refractivity contribution is 0.103. The van der Waals surface area contributed by atoms with Crippen molar-refractivity contribution in [2.24, 2.45) is 0 Å².